The molecule has 3 nitrogen and oxygen atoms in total. The fourth-order valence-electron chi connectivity index (χ4n) is 1.83. The second-order valence-corrected chi connectivity index (χ2v) is 4.91. The van der Waals surface area contributed by atoms with E-state index in [1.54, 1.807) is 30.3 Å². The highest BCUT2D eigenvalue weighted by atomic mass is 35.5. The Morgan fingerprint density at radius 1 is 1.24 bits per heavy atom. The van der Waals surface area contributed by atoms with Gasteiger partial charge in [-0.2, -0.15) is 0 Å². The Bertz CT molecular complexity index is 712. The molecular formula is C17H14ClNO2. The fourth-order valence-corrected chi connectivity index (χ4v) is 1.95. The van der Waals surface area contributed by atoms with E-state index in [0.29, 0.717) is 21.8 Å². The quantitative estimate of drug-likeness (QED) is 0.836. The van der Waals surface area contributed by atoms with Gasteiger partial charge in [0.25, 0.3) is 5.91 Å². The molecule has 2 aromatic rings. The topological polar surface area (TPSA) is 49.3 Å². The number of halogens is 1. The number of aliphatic hydroxyl groups excluding tert-OH is 1. The zero-order valence-electron chi connectivity index (χ0n) is 11.5. The van der Waals surface area contributed by atoms with Crippen LogP contribution in [0.2, 0.25) is 5.02 Å². The second-order valence-electron chi connectivity index (χ2n) is 4.47. The predicted octanol–water partition coefficient (Wildman–Crippen LogP) is 3.24. The van der Waals surface area contributed by atoms with Crippen molar-refractivity contribution in [3.8, 4) is 11.8 Å². The zero-order valence-corrected chi connectivity index (χ0v) is 12.2. The average Bonchev–Trinajstić information content (AvgIpc) is 2.47. The van der Waals surface area contributed by atoms with Crippen LogP contribution in [-0.2, 0) is 0 Å². The summed E-state index contributed by atoms with van der Waals surface area (Å²) in [5.41, 5.74) is 2.72. The van der Waals surface area contributed by atoms with Gasteiger partial charge in [0.05, 0.1) is 5.56 Å². The van der Waals surface area contributed by atoms with Gasteiger partial charge in [0.15, 0.2) is 0 Å². The van der Waals surface area contributed by atoms with E-state index in [2.05, 4.69) is 17.2 Å². The second kappa shape index (κ2) is 6.94. The summed E-state index contributed by atoms with van der Waals surface area (Å²) in [6, 6.07) is 12.3. The van der Waals surface area contributed by atoms with Gasteiger partial charge in [-0.25, -0.2) is 0 Å². The number of nitrogens with one attached hydrogen (secondary N) is 1. The lowest BCUT2D eigenvalue weighted by Gasteiger charge is -2.08. The average molecular weight is 300 g/mol. The summed E-state index contributed by atoms with van der Waals surface area (Å²) in [5.74, 6) is 5.11. The molecule has 4 heteroatoms. The van der Waals surface area contributed by atoms with E-state index in [4.69, 9.17) is 16.7 Å². The first-order valence-electron chi connectivity index (χ1n) is 6.37. The summed E-state index contributed by atoms with van der Waals surface area (Å²) < 4.78 is 0. The maximum atomic E-state index is 12.3. The van der Waals surface area contributed by atoms with E-state index in [1.807, 2.05) is 19.1 Å². The first-order valence-corrected chi connectivity index (χ1v) is 6.75. The molecule has 0 aromatic heterocycles. The molecule has 0 heterocycles. The molecule has 0 aliphatic rings. The number of aryl methyl sites for hydroxylation is 1. The molecule has 0 bridgehead atoms. The fraction of sp³-hybridized carbons (Fsp3) is 0.118. The first kappa shape index (κ1) is 15.1. The third-order valence-electron chi connectivity index (χ3n) is 2.82. The molecule has 21 heavy (non-hydrogen) atoms. The van der Waals surface area contributed by atoms with E-state index in [0.717, 1.165) is 5.56 Å². The molecule has 0 unspecified atom stereocenters. The van der Waals surface area contributed by atoms with Gasteiger partial charge in [-0.05, 0) is 48.9 Å². The van der Waals surface area contributed by atoms with Crippen LogP contribution in [0.5, 0.6) is 0 Å². The van der Waals surface area contributed by atoms with Crippen LogP contribution < -0.4 is 5.32 Å². The molecule has 0 atom stereocenters. The number of hydrogen-bond acceptors (Lipinski definition) is 2. The van der Waals surface area contributed by atoms with Gasteiger partial charge in [0, 0.05) is 16.3 Å². The number of amides is 1. The third-order valence-corrected chi connectivity index (χ3v) is 3.08. The van der Waals surface area contributed by atoms with Crippen molar-refractivity contribution in [3.63, 3.8) is 0 Å². The lowest BCUT2D eigenvalue weighted by atomic mass is 10.0. The molecule has 2 N–H and O–H groups in total. The van der Waals surface area contributed by atoms with E-state index < -0.39 is 0 Å². The lowest BCUT2D eigenvalue weighted by molar-refractivity contribution is 0.102. The van der Waals surface area contributed by atoms with Crippen molar-refractivity contribution in [2.24, 2.45) is 0 Å². The van der Waals surface area contributed by atoms with Crippen LogP contribution in [0.4, 0.5) is 5.69 Å². The van der Waals surface area contributed by atoms with Gasteiger partial charge in [-0.3, -0.25) is 4.79 Å². The van der Waals surface area contributed by atoms with Crippen LogP contribution >= 0.6 is 11.6 Å². The lowest BCUT2D eigenvalue weighted by Crippen LogP contribution is -2.13. The standard InChI is InChI=1S/C17H14ClNO2/c1-12-4-9-16(13(11-12)3-2-10-20)17(21)19-15-7-5-14(18)6-8-15/h4-9,11,20H,10H2,1H3,(H,19,21). The molecule has 2 rings (SSSR count). The molecular weight excluding hydrogens is 286 g/mol. The summed E-state index contributed by atoms with van der Waals surface area (Å²) in [5, 5.41) is 12.2. The summed E-state index contributed by atoms with van der Waals surface area (Å²) in [6.07, 6.45) is 0. The van der Waals surface area contributed by atoms with Crippen LogP contribution in [0, 0.1) is 18.8 Å². The summed E-state index contributed by atoms with van der Waals surface area (Å²) >= 11 is 5.81. The minimum Gasteiger partial charge on any atom is -0.384 e. The van der Waals surface area contributed by atoms with Crippen molar-refractivity contribution < 1.29 is 9.90 Å². The monoisotopic (exact) mass is 299 g/mol. The Labute approximate surface area is 128 Å². The number of rotatable bonds is 2. The van der Waals surface area contributed by atoms with Crippen molar-refractivity contribution in [1.82, 2.24) is 0 Å². The Morgan fingerprint density at radius 3 is 2.62 bits per heavy atom. The summed E-state index contributed by atoms with van der Waals surface area (Å²) in [4.78, 5) is 12.3. The van der Waals surface area contributed by atoms with Gasteiger partial charge in [0.1, 0.15) is 6.61 Å². The maximum Gasteiger partial charge on any atom is 0.256 e. The Morgan fingerprint density at radius 2 is 1.95 bits per heavy atom. The first-order chi connectivity index (χ1) is 10.1. The number of carbonyl (C=O) groups excluding carboxylic acids is 1. The molecule has 0 spiro atoms. The Hall–Kier alpha value is -2.28. The number of aliphatic hydroxyl groups is 1. The van der Waals surface area contributed by atoms with Gasteiger partial charge in [-0.1, -0.05) is 29.5 Å². The van der Waals surface area contributed by atoms with E-state index >= 15 is 0 Å². The number of benzene rings is 2. The van der Waals surface area contributed by atoms with Gasteiger partial charge in [0.2, 0.25) is 0 Å². The largest absolute Gasteiger partial charge is 0.384 e. The van der Waals surface area contributed by atoms with Crippen LogP contribution in [0.15, 0.2) is 42.5 Å². The number of carbonyl (C=O) groups is 1. The molecule has 0 saturated heterocycles. The molecule has 2 aromatic carbocycles. The smallest absolute Gasteiger partial charge is 0.256 e. The van der Waals surface area contributed by atoms with E-state index in [1.165, 1.54) is 0 Å². The van der Waals surface area contributed by atoms with Gasteiger partial charge in [-0.15, -0.1) is 0 Å². The van der Waals surface area contributed by atoms with E-state index in [-0.39, 0.29) is 12.5 Å². The highest BCUT2D eigenvalue weighted by Gasteiger charge is 2.10. The van der Waals surface area contributed by atoms with Crippen LogP contribution in [0.3, 0.4) is 0 Å². The Kier molecular flexibility index (Phi) is 4.99. The Balaban J connectivity index is 2.28. The third kappa shape index (κ3) is 4.09. The molecule has 0 fully saturated rings. The van der Waals surface area contributed by atoms with Crippen LogP contribution in [0.25, 0.3) is 0 Å². The predicted molar refractivity (Wildman–Crippen MR) is 84.5 cm³/mol. The number of hydrogen-bond donors (Lipinski definition) is 2. The highest BCUT2D eigenvalue weighted by Crippen LogP contribution is 2.16. The van der Waals surface area contributed by atoms with Crippen molar-refractivity contribution in [1.29, 1.82) is 0 Å². The van der Waals surface area contributed by atoms with Crippen molar-refractivity contribution in [3.05, 3.63) is 64.2 Å². The summed E-state index contributed by atoms with van der Waals surface area (Å²) in [7, 11) is 0. The van der Waals surface area contributed by atoms with Gasteiger partial charge < -0.3 is 10.4 Å². The minimum absolute atomic E-state index is 0.244. The maximum absolute atomic E-state index is 12.3. The van der Waals surface area contributed by atoms with Gasteiger partial charge >= 0.3 is 0 Å². The number of anilines is 1. The summed E-state index contributed by atoms with van der Waals surface area (Å²) in [6.45, 7) is 1.68. The van der Waals surface area contributed by atoms with Crippen molar-refractivity contribution in [2.75, 3.05) is 11.9 Å². The molecule has 0 aliphatic carbocycles. The molecule has 1 amide bonds. The molecule has 0 aliphatic heterocycles. The van der Waals surface area contributed by atoms with E-state index in [9.17, 15) is 4.79 Å². The normalized spacial score (nSPS) is 9.67. The molecule has 106 valence electrons. The SMILES string of the molecule is Cc1ccc(C(=O)Nc2ccc(Cl)cc2)c(C#CCO)c1. The van der Waals surface area contributed by atoms with Crippen LogP contribution in [0.1, 0.15) is 21.5 Å². The van der Waals surface area contributed by atoms with Crippen LogP contribution in [-0.4, -0.2) is 17.6 Å². The highest BCUT2D eigenvalue weighted by molar-refractivity contribution is 6.30. The van der Waals surface area contributed by atoms with Crippen molar-refractivity contribution in [2.45, 2.75) is 6.92 Å². The zero-order chi connectivity index (χ0) is 15.2. The minimum atomic E-state index is -0.250. The van der Waals surface area contributed by atoms with Crippen molar-refractivity contribution >= 4 is 23.2 Å². The molecule has 0 saturated carbocycles. The molecule has 0 radical (unpaired) electrons.